The van der Waals surface area contributed by atoms with E-state index in [2.05, 4.69) is 21.2 Å². The Morgan fingerprint density at radius 1 is 1.46 bits per heavy atom. The fraction of sp³-hybridized carbons (Fsp3) is 0.222. The molecule has 0 spiro atoms. The van der Waals surface area contributed by atoms with E-state index in [1.54, 1.807) is 0 Å². The molecular formula is C9H10BrNOS. The summed E-state index contributed by atoms with van der Waals surface area (Å²) in [6.07, 6.45) is 0. The van der Waals surface area contributed by atoms with Crippen molar-refractivity contribution in [1.82, 2.24) is 5.32 Å². The summed E-state index contributed by atoms with van der Waals surface area (Å²) in [6.45, 7) is 2.57. The van der Waals surface area contributed by atoms with Crippen LogP contribution < -0.4 is 5.32 Å². The zero-order valence-corrected chi connectivity index (χ0v) is 9.61. The van der Waals surface area contributed by atoms with Gasteiger partial charge in [0, 0.05) is 15.9 Å². The number of carbonyl (C=O) groups is 1. The van der Waals surface area contributed by atoms with Crippen molar-refractivity contribution in [2.45, 2.75) is 11.8 Å². The Morgan fingerprint density at radius 2 is 2.08 bits per heavy atom. The smallest absolute Gasteiger partial charge is 0.283 e. The standard InChI is InChI=1S/C9H10BrNOS/c1-2-11-9(12)13-8-5-3-7(10)4-6-8/h3-6H,2H2,1H3,(H,11,12). The molecule has 1 aromatic rings. The molecule has 0 radical (unpaired) electrons. The molecule has 0 aliphatic carbocycles. The lowest BCUT2D eigenvalue weighted by Crippen LogP contribution is -2.16. The van der Waals surface area contributed by atoms with Gasteiger partial charge in [0.25, 0.3) is 5.24 Å². The largest absolute Gasteiger partial charge is 0.347 e. The topological polar surface area (TPSA) is 29.1 Å². The first kappa shape index (κ1) is 10.6. The molecule has 1 rings (SSSR count). The van der Waals surface area contributed by atoms with Crippen LogP contribution >= 0.6 is 27.7 Å². The van der Waals surface area contributed by atoms with Crippen LogP contribution in [-0.2, 0) is 0 Å². The molecule has 0 fully saturated rings. The first-order chi connectivity index (χ1) is 6.22. The quantitative estimate of drug-likeness (QED) is 0.827. The average molecular weight is 260 g/mol. The van der Waals surface area contributed by atoms with Gasteiger partial charge in [0.05, 0.1) is 0 Å². The summed E-state index contributed by atoms with van der Waals surface area (Å²) in [5, 5.41) is 2.71. The van der Waals surface area contributed by atoms with Crippen LogP contribution in [0, 0.1) is 0 Å². The number of rotatable bonds is 2. The molecule has 70 valence electrons. The molecular weight excluding hydrogens is 250 g/mol. The minimum absolute atomic E-state index is 0.00942. The normalized spacial score (nSPS) is 9.69. The van der Waals surface area contributed by atoms with E-state index in [0.29, 0.717) is 6.54 Å². The maximum absolute atomic E-state index is 11.1. The van der Waals surface area contributed by atoms with Crippen LogP contribution in [0.5, 0.6) is 0 Å². The van der Waals surface area contributed by atoms with Gasteiger partial charge in [-0.1, -0.05) is 15.9 Å². The predicted octanol–water partition coefficient (Wildman–Crippen LogP) is 3.27. The number of hydrogen-bond acceptors (Lipinski definition) is 2. The zero-order chi connectivity index (χ0) is 9.68. The summed E-state index contributed by atoms with van der Waals surface area (Å²) in [5.41, 5.74) is 0. The van der Waals surface area contributed by atoms with Gasteiger partial charge in [-0.25, -0.2) is 0 Å². The van der Waals surface area contributed by atoms with E-state index in [1.807, 2.05) is 31.2 Å². The SMILES string of the molecule is CCNC(=O)Sc1ccc(Br)cc1. The summed E-state index contributed by atoms with van der Waals surface area (Å²) >= 11 is 4.54. The molecule has 13 heavy (non-hydrogen) atoms. The van der Waals surface area contributed by atoms with E-state index in [1.165, 1.54) is 11.8 Å². The van der Waals surface area contributed by atoms with Crippen molar-refractivity contribution >= 4 is 32.9 Å². The minimum atomic E-state index is -0.00942. The highest BCUT2D eigenvalue weighted by Crippen LogP contribution is 2.20. The van der Waals surface area contributed by atoms with Crippen molar-refractivity contribution in [3.05, 3.63) is 28.7 Å². The van der Waals surface area contributed by atoms with Gasteiger partial charge in [0.2, 0.25) is 0 Å². The molecule has 1 N–H and O–H groups in total. The van der Waals surface area contributed by atoms with Gasteiger partial charge >= 0.3 is 0 Å². The second kappa shape index (κ2) is 5.29. The Balaban J connectivity index is 2.54. The summed E-state index contributed by atoms with van der Waals surface area (Å²) in [6, 6.07) is 7.65. The van der Waals surface area contributed by atoms with Crippen molar-refractivity contribution in [2.24, 2.45) is 0 Å². The third kappa shape index (κ3) is 3.83. The molecule has 0 saturated carbocycles. The van der Waals surface area contributed by atoms with Gasteiger partial charge < -0.3 is 5.32 Å². The zero-order valence-electron chi connectivity index (χ0n) is 7.21. The maximum atomic E-state index is 11.1. The predicted molar refractivity (Wildman–Crippen MR) is 59.1 cm³/mol. The molecule has 0 atom stereocenters. The highest BCUT2D eigenvalue weighted by atomic mass is 79.9. The van der Waals surface area contributed by atoms with Crippen LogP contribution in [0.2, 0.25) is 0 Å². The number of thioether (sulfide) groups is 1. The molecule has 2 nitrogen and oxygen atoms in total. The number of amides is 1. The van der Waals surface area contributed by atoms with Gasteiger partial charge in [0.15, 0.2) is 0 Å². The first-order valence-corrected chi connectivity index (χ1v) is 5.54. The number of nitrogens with one attached hydrogen (secondary N) is 1. The van der Waals surface area contributed by atoms with Crippen LogP contribution in [0.3, 0.4) is 0 Å². The number of benzene rings is 1. The van der Waals surface area contributed by atoms with E-state index in [4.69, 9.17) is 0 Å². The van der Waals surface area contributed by atoms with Crippen molar-refractivity contribution in [2.75, 3.05) is 6.54 Å². The Labute approximate surface area is 90.2 Å². The molecule has 0 bridgehead atoms. The summed E-state index contributed by atoms with van der Waals surface area (Å²) in [5.74, 6) is 0. The number of carbonyl (C=O) groups excluding carboxylic acids is 1. The Bertz CT molecular complexity index is 286. The average Bonchev–Trinajstić information content (AvgIpc) is 2.09. The van der Waals surface area contributed by atoms with E-state index in [0.717, 1.165) is 9.37 Å². The lowest BCUT2D eigenvalue weighted by molar-refractivity contribution is 0.261. The van der Waals surface area contributed by atoms with Gasteiger partial charge in [-0.2, -0.15) is 0 Å². The van der Waals surface area contributed by atoms with E-state index >= 15 is 0 Å². The lowest BCUT2D eigenvalue weighted by Gasteiger charge is -2.00. The third-order valence-corrected chi connectivity index (χ3v) is 2.71. The monoisotopic (exact) mass is 259 g/mol. The van der Waals surface area contributed by atoms with E-state index in [-0.39, 0.29) is 5.24 Å². The molecule has 1 aromatic carbocycles. The third-order valence-electron chi connectivity index (χ3n) is 1.35. The first-order valence-electron chi connectivity index (χ1n) is 3.93. The molecule has 0 saturated heterocycles. The van der Waals surface area contributed by atoms with Crippen molar-refractivity contribution in [3.63, 3.8) is 0 Å². The Morgan fingerprint density at radius 3 is 2.62 bits per heavy atom. The molecule has 0 aliphatic heterocycles. The van der Waals surface area contributed by atoms with Gasteiger partial charge in [-0.05, 0) is 43.0 Å². The van der Waals surface area contributed by atoms with Crippen molar-refractivity contribution in [3.8, 4) is 0 Å². The van der Waals surface area contributed by atoms with Crippen molar-refractivity contribution < 1.29 is 4.79 Å². The summed E-state index contributed by atoms with van der Waals surface area (Å²) in [7, 11) is 0. The van der Waals surface area contributed by atoms with Crippen LogP contribution in [0.15, 0.2) is 33.6 Å². The van der Waals surface area contributed by atoms with Crippen LogP contribution in [0.1, 0.15) is 6.92 Å². The summed E-state index contributed by atoms with van der Waals surface area (Å²) < 4.78 is 1.02. The molecule has 0 aromatic heterocycles. The maximum Gasteiger partial charge on any atom is 0.283 e. The highest BCUT2D eigenvalue weighted by molar-refractivity contribution is 9.10. The van der Waals surface area contributed by atoms with Gasteiger partial charge in [-0.3, -0.25) is 4.79 Å². The van der Waals surface area contributed by atoms with Crippen LogP contribution in [0.25, 0.3) is 0 Å². The Kier molecular flexibility index (Phi) is 4.32. The van der Waals surface area contributed by atoms with E-state index < -0.39 is 0 Å². The fourth-order valence-electron chi connectivity index (χ4n) is 0.790. The summed E-state index contributed by atoms with van der Waals surface area (Å²) in [4.78, 5) is 12.1. The number of halogens is 1. The lowest BCUT2D eigenvalue weighted by atomic mass is 10.4. The molecule has 0 aliphatic rings. The van der Waals surface area contributed by atoms with Gasteiger partial charge in [-0.15, -0.1) is 0 Å². The molecule has 0 unspecified atom stereocenters. The molecule has 1 amide bonds. The minimum Gasteiger partial charge on any atom is -0.347 e. The van der Waals surface area contributed by atoms with Crippen LogP contribution in [-0.4, -0.2) is 11.8 Å². The molecule has 4 heteroatoms. The van der Waals surface area contributed by atoms with Crippen molar-refractivity contribution in [1.29, 1.82) is 0 Å². The fourth-order valence-corrected chi connectivity index (χ4v) is 1.76. The molecule has 0 heterocycles. The van der Waals surface area contributed by atoms with Crippen LogP contribution in [0.4, 0.5) is 4.79 Å². The number of hydrogen-bond donors (Lipinski definition) is 1. The Hall–Kier alpha value is -0.480. The highest BCUT2D eigenvalue weighted by Gasteiger charge is 2.01. The van der Waals surface area contributed by atoms with Gasteiger partial charge in [0.1, 0.15) is 0 Å². The second-order valence-electron chi connectivity index (χ2n) is 2.37. The van der Waals surface area contributed by atoms with E-state index in [9.17, 15) is 4.79 Å². The second-order valence-corrected chi connectivity index (χ2v) is 4.34.